The zero-order valence-electron chi connectivity index (χ0n) is 10.0. The van der Waals surface area contributed by atoms with E-state index in [4.69, 9.17) is 11.6 Å². The summed E-state index contributed by atoms with van der Waals surface area (Å²) in [5.74, 6) is -0.811. The van der Waals surface area contributed by atoms with Gasteiger partial charge in [-0.25, -0.2) is 0 Å². The zero-order valence-corrected chi connectivity index (χ0v) is 12.9. The summed E-state index contributed by atoms with van der Waals surface area (Å²) in [6.45, 7) is 0. The molecule has 3 N–H and O–H groups in total. The van der Waals surface area contributed by atoms with Crippen molar-refractivity contribution in [2.24, 2.45) is 0 Å². The van der Waals surface area contributed by atoms with Crippen molar-refractivity contribution in [3.63, 3.8) is 0 Å². The molecule has 0 bridgehead atoms. The van der Waals surface area contributed by atoms with Crippen LogP contribution in [0.15, 0.2) is 36.4 Å². The molecule has 1 aliphatic heterocycles. The highest BCUT2D eigenvalue weighted by molar-refractivity contribution is 14.1. The van der Waals surface area contributed by atoms with Crippen LogP contribution in [-0.2, 0) is 10.4 Å². The fourth-order valence-electron chi connectivity index (χ4n) is 2.34. The van der Waals surface area contributed by atoms with Gasteiger partial charge in [0, 0.05) is 25.4 Å². The van der Waals surface area contributed by atoms with Crippen molar-refractivity contribution in [2.45, 2.75) is 5.60 Å². The molecule has 6 heteroatoms. The Morgan fingerprint density at radius 3 is 2.60 bits per heavy atom. The smallest absolute Gasteiger partial charge is 0.266 e. The van der Waals surface area contributed by atoms with Crippen molar-refractivity contribution in [2.75, 3.05) is 5.32 Å². The summed E-state index contributed by atoms with van der Waals surface area (Å²) in [6, 6.07) is 9.53. The number of rotatable bonds is 1. The fraction of sp³-hybridized carbons (Fsp3) is 0.0714. The number of benzene rings is 2. The Bertz CT molecular complexity index is 734. The molecule has 0 spiro atoms. The maximum atomic E-state index is 12.2. The van der Waals surface area contributed by atoms with Gasteiger partial charge in [-0.3, -0.25) is 4.79 Å². The van der Waals surface area contributed by atoms with E-state index in [-0.39, 0.29) is 11.3 Å². The van der Waals surface area contributed by atoms with Crippen LogP contribution in [-0.4, -0.2) is 16.1 Å². The summed E-state index contributed by atoms with van der Waals surface area (Å²) in [7, 11) is 0. The number of carbonyl (C=O) groups is 1. The molecule has 1 aliphatic rings. The molecular weight excluding hydrogens is 393 g/mol. The van der Waals surface area contributed by atoms with Gasteiger partial charge in [0.05, 0.1) is 0 Å². The minimum Gasteiger partial charge on any atom is -0.507 e. The fourth-order valence-corrected chi connectivity index (χ4v) is 3.00. The van der Waals surface area contributed by atoms with Crippen LogP contribution in [0.4, 0.5) is 5.69 Å². The number of halogens is 2. The van der Waals surface area contributed by atoms with Gasteiger partial charge in [-0.1, -0.05) is 17.7 Å². The van der Waals surface area contributed by atoms with Crippen LogP contribution in [0.2, 0.25) is 5.02 Å². The first-order chi connectivity index (χ1) is 9.42. The largest absolute Gasteiger partial charge is 0.507 e. The number of carbonyl (C=O) groups excluding carboxylic acids is 1. The quantitative estimate of drug-likeness (QED) is 0.644. The van der Waals surface area contributed by atoms with Gasteiger partial charge >= 0.3 is 0 Å². The molecule has 1 atom stereocenters. The van der Waals surface area contributed by atoms with Crippen LogP contribution >= 0.6 is 34.2 Å². The number of phenols is 1. The number of hydrogen-bond acceptors (Lipinski definition) is 3. The lowest BCUT2D eigenvalue weighted by Crippen LogP contribution is -2.35. The first-order valence-corrected chi connectivity index (χ1v) is 7.21. The van der Waals surface area contributed by atoms with Crippen molar-refractivity contribution in [3.05, 3.63) is 56.1 Å². The van der Waals surface area contributed by atoms with Crippen molar-refractivity contribution >= 4 is 45.8 Å². The lowest BCUT2D eigenvalue weighted by molar-refractivity contribution is -0.129. The zero-order chi connectivity index (χ0) is 14.5. The summed E-state index contributed by atoms with van der Waals surface area (Å²) in [5.41, 5.74) is -0.843. The molecule has 0 aromatic heterocycles. The topological polar surface area (TPSA) is 69.6 Å². The Labute approximate surface area is 133 Å². The average Bonchev–Trinajstić information content (AvgIpc) is 2.63. The molecular formula is C14H9ClINO3. The predicted molar refractivity (Wildman–Crippen MR) is 83.9 cm³/mol. The molecule has 0 radical (unpaired) electrons. The lowest BCUT2D eigenvalue weighted by atomic mass is 9.87. The summed E-state index contributed by atoms with van der Waals surface area (Å²) in [6.07, 6.45) is 0. The van der Waals surface area contributed by atoms with E-state index in [1.54, 1.807) is 12.1 Å². The standard InChI is InChI=1S/C14H9ClINO3/c15-7-1-3-9(12(18)5-7)14(20)10-6-8(16)2-4-11(10)17-13(14)19/h1-6,18,20H,(H,17,19). The molecule has 102 valence electrons. The van der Waals surface area contributed by atoms with Gasteiger partial charge in [-0.05, 0) is 52.9 Å². The normalized spacial score (nSPS) is 20.6. The second kappa shape index (κ2) is 4.61. The minimum absolute atomic E-state index is 0.111. The van der Waals surface area contributed by atoms with Crippen molar-refractivity contribution < 1.29 is 15.0 Å². The van der Waals surface area contributed by atoms with E-state index < -0.39 is 11.5 Å². The van der Waals surface area contributed by atoms with E-state index in [0.29, 0.717) is 16.3 Å². The molecule has 20 heavy (non-hydrogen) atoms. The molecule has 0 fully saturated rings. The summed E-state index contributed by atoms with van der Waals surface area (Å²) >= 11 is 7.88. The first-order valence-electron chi connectivity index (χ1n) is 5.76. The van der Waals surface area contributed by atoms with E-state index in [0.717, 1.165) is 3.57 Å². The number of aromatic hydroxyl groups is 1. The Morgan fingerprint density at radius 2 is 1.90 bits per heavy atom. The van der Waals surface area contributed by atoms with Crippen molar-refractivity contribution in [1.29, 1.82) is 0 Å². The number of phenolic OH excluding ortho intramolecular Hbond substituents is 1. The second-order valence-corrected chi connectivity index (χ2v) is 6.20. The van der Waals surface area contributed by atoms with Gasteiger partial charge in [0.25, 0.3) is 5.91 Å². The van der Waals surface area contributed by atoms with Crippen LogP contribution in [0.1, 0.15) is 11.1 Å². The van der Waals surface area contributed by atoms with Crippen LogP contribution in [0, 0.1) is 3.57 Å². The van der Waals surface area contributed by atoms with Crippen LogP contribution in [0.25, 0.3) is 0 Å². The SMILES string of the molecule is O=C1Nc2ccc(I)cc2C1(O)c1ccc(Cl)cc1O. The highest BCUT2D eigenvalue weighted by atomic mass is 127. The molecule has 1 amide bonds. The van der Waals surface area contributed by atoms with Gasteiger partial charge in [0.1, 0.15) is 5.75 Å². The summed E-state index contributed by atoms with van der Waals surface area (Å²) in [5, 5.41) is 23.8. The number of anilines is 1. The van der Waals surface area contributed by atoms with Gasteiger partial charge in [0.15, 0.2) is 5.60 Å². The van der Waals surface area contributed by atoms with Gasteiger partial charge in [-0.15, -0.1) is 0 Å². The number of fused-ring (bicyclic) bond motifs is 1. The third-order valence-corrected chi connectivity index (χ3v) is 4.20. The first kappa shape index (κ1) is 13.7. The molecule has 1 unspecified atom stereocenters. The maximum absolute atomic E-state index is 12.2. The van der Waals surface area contributed by atoms with E-state index >= 15 is 0 Å². The molecule has 0 saturated carbocycles. The van der Waals surface area contributed by atoms with Gasteiger partial charge in [-0.2, -0.15) is 0 Å². The van der Waals surface area contributed by atoms with Crippen LogP contribution < -0.4 is 5.32 Å². The van der Waals surface area contributed by atoms with Crippen LogP contribution in [0.3, 0.4) is 0 Å². The Kier molecular flexibility index (Phi) is 3.15. The van der Waals surface area contributed by atoms with Gasteiger partial charge in [0.2, 0.25) is 0 Å². The van der Waals surface area contributed by atoms with Crippen molar-refractivity contribution in [1.82, 2.24) is 0 Å². The lowest BCUT2D eigenvalue weighted by Gasteiger charge is -2.22. The number of aliphatic hydroxyl groups is 1. The Morgan fingerprint density at radius 1 is 1.15 bits per heavy atom. The summed E-state index contributed by atoms with van der Waals surface area (Å²) in [4.78, 5) is 12.2. The molecule has 1 heterocycles. The average molecular weight is 402 g/mol. The van der Waals surface area contributed by atoms with E-state index in [1.807, 2.05) is 6.07 Å². The summed E-state index contributed by atoms with van der Waals surface area (Å²) < 4.78 is 0.879. The highest BCUT2D eigenvalue weighted by Gasteiger charge is 2.48. The molecule has 0 saturated heterocycles. The van der Waals surface area contributed by atoms with Gasteiger partial charge < -0.3 is 15.5 Å². The second-order valence-electron chi connectivity index (χ2n) is 4.52. The Hall–Kier alpha value is -1.31. The van der Waals surface area contributed by atoms with Crippen molar-refractivity contribution in [3.8, 4) is 5.75 Å². The molecule has 4 nitrogen and oxygen atoms in total. The monoisotopic (exact) mass is 401 g/mol. The van der Waals surface area contributed by atoms with E-state index in [9.17, 15) is 15.0 Å². The van der Waals surface area contributed by atoms with E-state index in [2.05, 4.69) is 27.9 Å². The molecule has 2 aromatic carbocycles. The van der Waals surface area contributed by atoms with E-state index in [1.165, 1.54) is 18.2 Å². The maximum Gasteiger partial charge on any atom is 0.266 e. The molecule has 0 aliphatic carbocycles. The highest BCUT2D eigenvalue weighted by Crippen LogP contribution is 2.44. The third kappa shape index (κ3) is 1.88. The molecule has 2 aromatic rings. The number of amides is 1. The van der Waals surface area contributed by atoms with Crippen LogP contribution in [0.5, 0.6) is 5.75 Å². The Balaban J connectivity index is 2.27. The molecule has 3 rings (SSSR count). The minimum atomic E-state index is -1.91. The number of hydrogen-bond donors (Lipinski definition) is 3. The number of nitrogens with one attached hydrogen (secondary N) is 1. The third-order valence-electron chi connectivity index (χ3n) is 3.30. The predicted octanol–water partition coefficient (Wildman–Crippen LogP) is 2.84.